The highest BCUT2D eigenvalue weighted by atomic mass is 32.1. The monoisotopic (exact) mass is 292 g/mol. The van der Waals surface area contributed by atoms with E-state index in [0.29, 0.717) is 5.92 Å². The second-order valence-corrected chi connectivity index (χ2v) is 6.19. The molecule has 1 amide bonds. The maximum absolute atomic E-state index is 11.8. The van der Waals surface area contributed by atoms with Gasteiger partial charge >= 0.3 is 0 Å². The van der Waals surface area contributed by atoms with Crippen molar-refractivity contribution in [2.24, 2.45) is 11.0 Å². The van der Waals surface area contributed by atoms with Gasteiger partial charge in [-0.3, -0.25) is 9.20 Å². The lowest BCUT2D eigenvalue weighted by molar-refractivity contribution is -0.120. The minimum atomic E-state index is -0.125. The van der Waals surface area contributed by atoms with Gasteiger partial charge in [0.25, 0.3) is 0 Å². The third-order valence-corrected chi connectivity index (χ3v) is 3.71. The van der Waals surface area contributed by atoms with E-state index in [0.717, 1.165) is 29.2 Å². The van der Waals surface area contributed by atoms with E-state index in [1.165, 1.54) is 0 Å². The largest absolute Gasteiger partial charge is 0.297 e. The van der Waals surface area contributed by atoms with E-state index in [9.17, 15) is 4.79 Å². The van der Waals surface area contributed by atoms with E-state index in [1.54, 1.807) is 11.3 Å². The van der Waals surface area contributed by atoms with Crippen molar-refractivity contribution >= 4 is 27.9 Å². The number of hydrazone groups is 1. The topological polar surface area (TPSA) is 58.8 Å². The van der Waals surface area contributed by atoms with Crippen LogP contribution in [0.15, 0.2) is 22.9 Å². The van der Waals surface area contributed by atoms with E-state index in [1.807, 2.05) is 29.1 Å². The van der Waals surface area contributed by atoms with Gasteiger partial charge in [-0.15, -0.1) is 11.3 Å². The first kappa shape index (κ1) is 14.7. The molecule has 1 N–H and O–H groups in total. The van der Waals surface area contributed by atoms with Gasteiger partial charge in [0.1, 0.15) is 0 Å². The summed E-state index contributed by atoms with van der Waals surface area (Å²) in [7, 11) is 0. The Morgan fingerprint density at radius 3 is 3.05 bits per heavy atom. The van der Waals surface area contributed by atoms with Gasteiger partial charge in [0, 0.05) is 23.5 Å². The average Bonchev–Trinajstić information content (AvgIpc) is 2.94. The lowest BCUT2D eigenvalue weighted by atomic mass is 10.1. The maximum Gasteiger partial charge on any atom is 0.246 e. The summed E-state index contributed by atoms with van der Waals surface area (Å²) in [5, 5.41) is 6.09. The van der Waals surface area contributed by atoms with Gasteiger partial charge in [0.2, 0.25) is 5.91 Å². The third-order valence-electron chi connectivity index (χ3n) is 2.94. The molecule has 0 aromatic carbocycles. The molecule has 0 atom stereocenters. The van der Waals surface area contributed by atoms with Gasteiger partial charge in [0.05, 0.1) is 12.1 Å². The van der Waals surface area contributed by atoms with Gasteiger partial charge < -0.3 is 0 Å². The number of thiazole rings is 1. The summed E-state index contributed by atoms with van der Waals surface area (Å²) in [5.41, 5.74) is 4.32. The van der Waals surface area contributed by atoms with Crippen molar-refractivity contribution < 1.29 is 4.79 Å². The zero-order chi connectivity index (χ0) is 14.5. The Bertz CT molecular complexity index is 583. The van der Waals surface area contributed by atoms with Crippen LogP contribution in [0.4, 0.5) is 0 Å². The van der Waals surface area contributed by atoms with Gasteiger partial charge in [-0.25, -0.2) is 10.4 Å². The summed E-state index contributed by atoms with van der Waals surface area (Å²) < 4.78 is 1.92. The number of carbonyl (C=O) groups excluding carboxylic acids is 1. The third kappa shape index (κ3) is 4.16. The fourth-order valence-electron chi connectivity index (χ4n) is 1.78. The minimum Gasteiger partial charge on any atom is -0.297 e. The van der Waals surface area contributed by atoms with Crippen LogP contribution in [0.5, 0.6) is 0 Å². The Morgan fingerprint density at radius 1 is 1.55 bits per heavy atom. The second kappa shape index (κ2) is 6.65. The van der Waals surface area contributed by atoms with Crippen molar-refractivity contribution in [1.29, 1.82) is 0 Å². The van der Waals surface area contributed by atoms with Crippen LogP contribution in [0.3, 0.4) is 0 Å². The number of imidazole rings is 1. The molecule has 2 rings (SSSR count). The quantitative estimate of drug-likeness (QED) is 0.657. The zero-order valence-electron chi connectivity index (χ0n) is 12.1. The molecule has 0 fully saturated rings. The smallest absolute Gasteiger partial charge is 0.246 e. The number of fused-ring (bicyclic) bond motifs is 1. The molecule has 6 heteroatoms. The van der Waals surface area contributed by atoms with E-state index in [2.05, 4.69) is 29.4 Å². The summed E-state index contributed by atoms with van der Waals surface area (Å²) in [4.78, 5) is 17.1. The van der Waals surface area contributed by atoms with Crippen molar-refractivity contribution in [3.05, 3.63) is 23.5 Å². The second-order valence-electron chi connectivity index (χ2n) is 5.32. The summed E-state index contributed by atoms with van der Waals surface area (Å²) >= 11 is 1.56. The highest BCUT2D eigenvalue weighted by Gasteiger charge is 2.07. The first-order valence-corrected chi connectivity index (χ1v) is 7.65. The molecule has 0 aliphatic heterocycles. The van der Waals surface area contributed by atoms with E-state index in [-0.39, 0.29) is 12.3 Å². The molecule has 2 aromatic rings. The number of nitrogens with zero attached hydrogens (tertiary/aromatic N) is 3. The fraction of sp³-hybridized carbons (Fsp3) is 0.500. The standard InChI is InChI=1S/C14H20N4OS/c1-10(2)4-5-11(3)16-17-13(19)8-12-9-18-6-7-20-14(18)15-12/h6-7,9-10H,4-5,8H2,1-3H3,(H,17,19)/b16-11+. The van der Waals surface area contributed by atoms with Crippen molar-refractivity contribution in [3.8, 4) is 0 Å². The molecule has 0 saturated heterocycles. The molecule has 0 radical (unpaired) electrons. The molecule has 0 saturated carbocycles. The SMILES string of the molecule is C/C(CCC(C)C)=N\NC(=O)Cc1cn2ccsc2n1. The predicted molar refractivity (Wildman–Crippen MR) is 82.1 cm³/mol. The van der Waals surface area contributed by atoms with E-state index >= 15 is 0 Å². The fourth-order valence-corrected chi connectivity index (χ4v) is 2.50. The molecular weight excluding hydrogens is 272 g/mol. The van der Waals surface area contributed by atoms with Gasteiger partial charge in [0.15, 0.2) is 4.96 Å². The number of hydrogen-bond acceptors (Lipinski definition) is 4. The number of carbonyl (C=O) groups is 1. The molecule has 108 valence electrons. The number of hydrogen-bond donors (Lipinski definition) is 1. The van der Waals surface area contributed by atoms with Crippen LogP contribution >= 0.6 is 11.3 Å². The number of amides is 1. The molecule has 5 nitrogen and oxygen atoms in total. The average molecular weight is 292 g/mol. The molecule has 2 aromatic heterocycles. The summed E-state index contributed by atoms with van der Waals surface area (Å²) in [5.74, 6) is 0.522. The van der Waals surface area contributed by atoms with Crippen molar-refractivity contribution in [2.45, 2.75) is 40.0 Å². The first-order chi connectivity index (χ1) is 9.54. The summed E-state index contributed by atoms with van der Waals surface area (Å²) in [6.07, 6.45) is 6.07. The highest BCUT2D eigenvalue weighted by molar-refractivity contribution is 7.15. The van der Waals surface area contributed by atoms with Gasteiger partial charge in [-0.2, -0.15) is 5.10 Å². The summed E-state index contributed by atoms with van der Waals surface area (Å²) in [6.45, 7) is 6.29. The molecule has 0 spiro atoms. The van der Waals surface area contributed by atoms with Crippen molar-refractivity contribution in [3.63, 3.8) is 0 Å². The Labute approximate surface area is 122 Å². The number of aromatic nitrogens is 2. The molecule has 2 heterocycles. The molecule has 0 bridgehead atoms. The molecule has 0 unspecified atom stereocenters. The lowest BCUT2D eigenvalue weighted by Gasteiger charge is -2.04. The first-order valence-electron chi connectivity index (χ1n) is 6.77. The minimum absolute atomic E-state index is 0.125. The number of nitrogens with one attached hydrogen (secondary N) is 1. The van der Waals surface area contributed by atoms with Crippen LogP contribution in [0.2, 0.25) is 0 Å². The number of rotatable bonds is 6. The lowest BCUT2D eigenvalue weighted by Crippen LogP contribution is -2.21. The van der Waals surface area contributed by atoms with Crippen LogP contribution in [0.1, 0.15) is 39.3 Å². The summed E-state index contributed by atoms with van der Waals surface area (Å²) in [6, 6.07) is 0. The van der Waals surface area contributed by atoms with Gasteiger partial charge in [-0.1, -0.05) is 13.8 Å². The van der Waals surface area contributed by atoms with Crippen LogP contribution in [0.25, 0.3) is 4.96 Å². The van der Waals surface area contributed by atoms with Crippen LogP contribution in [0, 0.1) is 5.92 Å². The van der Waals surface area contributed by atoms with E-state index < -0.39 is 0 Å². The highest BCUT2D eigenvalue weighted by Crippen LogP contribution is 2.11. The van der Waals surface area contributed by atoms with Crippen molar-refractivity contribution in [1.82, 2.24) is 14.8 Å². The van der Waals surface area contributed by atoms with Crippen LogP contribution < -0.4 is 5.43 Å². The van der Waals surface area contributed by atoms with Crippen LogP contribution in [-0.2, 0) is 11.2 Å². The Hall–Kier alpha value is -1.69. The molecule has 0 aliphatic rings. The Morgan fingerprint density at radius 2 is 2.35 bits per heavy atom. The molecule has 20 heavy (non-hydrogen) atoms. The maximum atomic E-state index is 11.8. The predicted octanol–water partition coefficient (Wildman–Crippen LogP) is 2.87. The van der Waals surface area contributed by atoms with E-state index in [4.69, 9.17) is 0 Å². The Balaban J connectivity index is 1.83. The van der Waals surface area contributed by atoms with Gasteiger partial charge in [-0.05, 0) is 25.7 Å². The normalized spacial score (nSPS) is 12.3. The van der Waals surface area contributed by atoms with Crippen LogP contribution in [-0.4, -0.2) is 21.0 Å². The van der Waals surface area contributed by atoms with Crippen molar-refractivity contribution in [2.75, 3.05) is 0 Å². The zero-order valence-corrected chi connectivity index (χ0v) is 12.9. The molecule has 0 aliphatic carbocycles. The Kier molecular flexibility index (Phi) is 4.89. The molecular formula is C14H20N4OS.